The number of carbonyl (C=O) groups is 4. The Bertz CT molecular complexity index is 776. The Labute approximate surface area is 199 Å². The van der Waals surface area contributed by atoms with Crippen molar-refractivity contribution in [1.82, 2.24) is 9.80 Å². The Hall–Kier alpha value is -1.06. The first-order valence-electron chi connectivity index (χ1n) is 8.96. The molecule has 4 rings (SSSR count). The van der Waals surface area contributed by atoms with Crippen molar-refractivity contribution in [3.8, 4) is 0 Å². The number of carboxylic acids is 1. The van der Waals surface area contributed by atoms with Crippen LogP contribution in [0.2, 0.25) is 0 Å². The van der Waals surface area contributed by atoms with Gasteiger partial charge in [0.15, 0.2) is 0 Å². The average Bonchev–Trinajstić information content (AvgIpc) is 3.27. The zero-order valence-electron chi connectivity index (χ0n) is 15.2. The van der Waals surface area contributed by atoms with Crippen LogP contribution in [0.4, 0.5) is 0 Å². The number of benzene rings is 1. The van der Waals surface area contributed by atoms with E-state index in [1.165, 1.54) is 4.90 Å². The van der Waals surface area contributed by atoms with Gasteiger partial charge in [0.1, 0.15) is 0 Å². The summed E-state index contributed by atoms with van der Waals surface area (Å²) < 4.78 is 0. The van der Waals surface area contributed by atoms with E-state index in [0.29, 0.717) is 17.5 Å². The molecular weight excluding hydrogens is 375 g/mol. The standard InChI is InChI=1S/C19H20N2O5.K/c22-16(21-14-7-3-4-11(14)10-15(21)19(25)26)8-9-20-17(23)12-5-1-2-6-13(12)18(20)24;/h1-2,5-6,11,14-15H,3-4,7-10H2,(H,25,26);/q;+1/p-1/t11-,14-,15-;/m0./s1. The van der Waals surface area contributed by atoms with Gasteiger partial charge in [-0.1, -0.05) is 18.6 Å². The second kappa shape index (κ2) is 8.12. The molecule has 8 heteroatoms. The van der Waals surface area contributed by atoms with E-state index in [1.807, 2.05) is 0 Å². The van der Waals surface area contributed by atoms with E-state index in [1.54, 1.807) is 24.3 Å². The molecule has 7 nitrogen and oxygen atoms in total. The predicted octanol–water partition coefficient (Wildman–Crippen LogP) is -2.80. The number of rotatable bonds is 4. The summed E-state index contributed by atoms with van der Waals surface area (Å²) >= 11 is 0. The van der Waals surface area contributed by atoms with Gasteiger partial charge in [-0.05, 0) is 37.3 Å². The van der Waals surface area contributed by atoms with Crippen molar-refractivity contribution in [2.75, 3.05) is 6.54 Å². The van der Waals surface area contributed by atoms with Crippen molar-refractivity contribution in [1.29, 1.82) is 0 Å². The first-order valence-corrected chi connectivity index (χ1v) is 8.96. The Morgan fingerprint density at radius 2 is 1.70 bits per heavy atom. The van der Waals surface area contributed by atoms with Crippen LogP contribution in [0.15, 0.2) is 24.3 Å². The molecule has 1 aliphatic carbocycles. The molecule has 2 fully saturated rings. The van der Waals surface area contributed by atoms with Crippen LogP contribution >= 0.6 is 0 Å². The number of hydrogen-bond donors (Lipinski definition) is 0. The Balaban J connectivity index is 0.00000210. The van der Waals surface area contributed by atoms with E-state index in [9.17, 15) is 24.3 Å². The maximum absolute atomic E-state index is 12.7. The molecule has 1 aromatic rings. The molecule has 0 spiro atoms. The summed E-state index contributed by atoms with van der Waals surface area (Å²) in [6.45, 7) is -0.0428. The van der Waals surface area contributed by atoms with Gasteiger partial charge in [0.2, 0.25) is 5.91 Å². The molecule has 136 valence electrons. The Morgan fingerprint density at radius 1 is 1.07 bits per heavy atom. The molecule has 1 aromatic carbocycles. The van der Waals surface area contributed by atoms with Crippen molar-refractivity contribution >= 4 is 23.7 Å². The van der Waals surface area contributed by atoms with Crippen molar-refractivity contribution in [3.63, 3.8) is 0 Å². The van der Waals surface area contributed by atoms with Gasteiger partial charge in [-0.15, -0.1) is 0 Å². The minimum atomic E-state index is -1.23. The molecule has 27 heavy (non-hydrogen) atoms. The number of hydrogen-bond acceptors (Lipinski definition) is 5. The normalized spacial score (nSPS) is 26.0. The van der Waals surface area contributed by atoms with E-state index >= 15 is 0 Å². The topological polar surface area (TPSA) is 97.8 Å². The van der Waals surface area contributed by atoms with E-state index in [-0.39, 0.29) is 82.2 Å². The van der Waals surface area contributed by atoms with Crippen LogP contribution in [-0.2, 0) is 9.59 Å². The fourth-order valence-electron chi connectivity index (χ4n) is 4.64. The third kappa shape index (κ3) is 3.53. The van der Waals surface area contributed by atoms with Gasteiger partial charge in [0.05, 0.1) is 23.1 Å². The second-order valence-electron chi connectivity index (χ2n) is 7.19. The smallest absolute Gasteiger partial charge is 0.548 e. The molecule has 3 amide bonds. The average molecular weight is 394 g/mol. The predicted molar refractivity (Wildman–Crippen MR) is 87.8 cm³/mol. The maximum atomic E-state index is 12.7. The number of carbonyl (C=O) groups excluding carboxylic acids is 4. The van der Waals surface area contributed by atoms with Gasteiger partial charge in [0.25, 0.3) is 11.8 Å². The van der Waals surface area contributed by atoms with E-state index < -0.39 is 23.8 Å². The number of amides is 3. The molecule has 1 saturated heterocycles. The van der Waals surface area contributed by atoms with Gasteiger partial charge >= 0.3 is 51.4 Å². The van der Waals surface area contributed by atoms with Crippen molar-refractivity contribution in [3.05, 3.63) is 35.4 Å². The molecular formula is C19H19KN2O5. The van der Waals surface area contributed by atoms with Crippen LogP contribution in [0.3, 0.4) is 0 Å². The third-order valence-electron chi connectivity index (χ3n) is 5.83. The Kier molecular flexibility index (Phi) is 6.22. The van der Waals surface area contributed by atoms with Crippen LogP contribution in [0, 0.1) is 5.92 Å². The summed E-state index contributed by atoms with van der Waals surface area (Å²) in [6.07, 6.45) is 3.07. The first-order chi connectivity index (χ1) is 12.5. The number of imide groups is 1. The van der Waals surface area contributed by atoms with Gasteiger partial charge in [-0.25, -0.2) is 0 Å². The van der Waals surface area contributed by atoms with Crippen molar-refractivity contribution in [2.45, 2.75) is 44.2 Å². The summed E-state index contributed by atoms with van der Waals surface area (Å²) in [4.78, 5) is 51.4. The van der Waals surface area contributed by atoms with Crippen LogP contribution in [0.5, 0.6) is 0 Å². The molecule has 0 radical (unpaired) electrons. The monoisotopic (exact) mass is 394 g/mol. The number of carboxylic acid groups (broad SMARTS) is 1. The molecule has 0 N–H and O–H groups in total. The van der Waals surface area contributed by atoms with Gasteiger partial charge in [-0.2, -0.15) is 0 Å². The summed E-state index contributed by atoms with van der Waals surface area (Å²) in [5.41, 5.74) is 0.684. The minimum Gasteiger partial charge on any atom is -0.548 e. The van der Waals surface area contributed by atoms with E-state index in [0.717, 1.165) is 24.2 Å². The molecule has 3 aliphatic rings. The van der Waals surface area contributed by atoms with Crippen LogP contribution < -0.4 is 56.5 Å². The molecule has 2 aliphatic heterocycles. The zero-order valence-corrected chi connectivity index (χ0v) is 18.3. The van der Waals surface area contributed by atoms with Gasteiger partial charge in [0, 0.05) is 19.0 Å². The van der Waals surface area contributed by atoms with Crippen molar-refractivity contribution in [2.24, 2.45) is 5.92 Å². The van der Waals surface area contributed by atoms with E-state index in [2.05, 4.69) is 0 Å². The fourth-order valence-corrected chi connectivity index (χ4v) is 4.64. The molecule has 3 atom stereocenters. The maximum Gasteiger partial charge on any atom is 1.00 e. The number of likely N-dealkylation sites (tertiary alicyclic amines) is 1. The largest absolute Gasteiger partial charge is 1.00 e. The summed E-state index contributed by atoms with van der Waals surface area (Å²) in [5.74, 6) is -2.16. The minimum absolute atomic E-state index is 0. The summed E-state index contributed by atoms with van der Waals surface area (Å²) in [5, 5.41) is 11.4. The Morgan fingerprint density at radius 3 is 2.30 bits per heavy atom. The number of aliphatic carboxylic acids is 1. The summed E-state index contributed by atoms with van der Waals surface area (Å²) in [7, 11) is 0. The second-order valence-corrected chi connectivity index (χ2v) is 7.19. The van der Waals surface area contributed by atoms with Crippen LogP contribution in [-0.4, -0.2) is 52.1 Å². The van der Waals surface area contributed by atoms with Crippen LogP contribution in [0.25, 0.3) is 0 Å². The van der Waals surface area contributed by atoms with Gasteiger partial charge in [-0.3, -0.25) is 19.3 Å². The molecule has 0 aromatic heterocycles. The SMILES string of the molecule is O=C([O-])[C@@H]1C[C@@H]2CCC[C@@H]2N1C(=O)CCN1C(=O)c2ccccc2C1=O.[K+]. The van der Waals surface area contributed by atoms with Gasteiger partial charge < -0.3 is 14.8 Å². The molecule has 0 unspecified atom stereocenters. The third-order valence-corrected chi connectivity index (χ3v) is 5.83. The molecule has 0 bridgehead atoms. The number of fused-ring (bicyclic) bond motifs is 2. The molecule has 1 saturated carbocycles. The summed E-state index contributed by atoms with van der Waals surface area (Å²) in [6, 6.07) is 5.59. The quantitative estimate of drug-likeness (QED) is 0.406. The van der Waals surface area contributed by atoms with E-state index in [4.69, 9.17) is 0 Å². The zero-order chi connectivity index (χ0) is 18.4. The van der Waals surface area contributed by atoms with Crippen LogP contribution in [0.1, 0.15) is 52.8 Å². The van der Waals surface area contributed by atoms with Crippen molar-refractivity contribution < 1.29 is 75.7 Å². The first kappa shape index (κ1) is 20.7. The number of nitrogens with zero attached hydrogens (tertiary/aromatic N) is 2. The molecule has 2 heterocycles. The fraction of sp³-hybridized carbons (Fsp3) is 0.474.